The number of hydrogen-bond acceptors (Lipinski definition) is 15. The molecule has 412 valence electrons. The van der Waals surface area contributed by atoms with Crippen LogP contribution < -0.4 is 25.0 Å². The van der Waals surface area contributed by atoms with Crippen molar-refractivity contribution in [3.8, 4) is 45.4 Å². The van der Waals surface area contributed by atoms with Gasteiger partial charge in [-0.15, -0.1) is 5.10 Å². The number of piperazine rings is 1. The third-order valence-corrected chi connectivity index (χ3v) is 16.7. The molecule has 5 fully saturated rings. The van der Waals surface area contributed by atoms with E-state index in [4.69, 9.17) is 24.2 Å². The zero-order valence-electron chi connectivity index (χ0n) is 45.0. The first kappa shape index (κ1) is 51.5. The Morgan fingerprint density at radius 3 is 2.46 bits per heavy atom. The van der Waals surface area contributed by atoms with E-state index in [-0.39, 0.29) is 60.8 Å². The second-order valence-corrected chi connectivity index (χ2v) is 22.3. The van der Waals surface area contributed by atoms with Gasteiger partial charge < -0.3 is 39.8 Å². The molecule has 0 unspecified atom stereocenters. The number of likely N-dealkylation sites (tertiary alicyclic amines) is 1. The third kappa shape index (κ3) is 9.86. The molecule has 2 bridgehead atoms. The lowest BCUT2D eigenvalue weighted by atomic mass is 9.88. The molecule has 2 amide bonds. The molecule has 19 nitrogen and oxygen atoms in total. The number of hydrogen-bond donors (Lipinski definition) is 4. The Kier molecular flexibility index (Phi) is 13.9. The number of fused-ring (bicyclic) bond motifs is 4. The Hall–Kier alpha value is -7.94. The molecule has 8 heterocycles. The number of carbonyl (C=O) groups excluding carboxylic acids is 2. The third-order valence-electron chi connectivity index (χ3n) is 16.7. The predicted molar refractivity (Wildman–Crippen MR) is 297 cm³/mol. The van der Waals surface area contributed by atoms with Gasteiger partial charge in [0.25, 0.3) is 0 Å². The summed E-state index contributed by atoms with van der Waals surface area (Å²) in [6.45, 7) is 8.86. The van der Waals surface area contributed by atoms with Crippen LogP contribution in [0, 0.1) is 18.7 Å². The predicted octanol–water partition coefficient (Wildman–Crippen LogP) is 7.94. The molecule has 5 aliphatic rings. The maximum absolute atomic E-state index is 16.1. The minimum atomic E-state index is -0.732. The van der Waals surface area contributed by atoms with Crippen LogP contribution in [0.5, 0.6) is 11.8 Å². The Bertz CT molecular complexity index is 3590. The number of carbonyl (C=O) groups is 2. The van der Waals surface area contributed by atoms with Gasteiger partial charge in [0.2, 0.25) is 11.8 Å². The van der Waals surface area contributed by atoms with Crippen LogP contribution in [0.25, 0.3) is 55.4 Å². The van der Waals surface area contributed by atoms with Gasteiger partial charge in [-0.3, -0.25) is 24.7 Å². The molecule has 5 atom stereocenters. The number of H-pyrrole nitrogens is 1. The molecular weight excluding hydrogens is 1020 g/mol. The summed E-state index contributed by atoms with van der Waals surface area (Å²) in [5.74, 6) is 0.510. The van der Waals surface area contributed by atoms with E-state index in [2.05, 4.69) is 52.1 Å². The lowest BCUT2D eigenvalue weighted by Gasteiger charge is -2.31. The van der Waals surface area contributed by atoms with Gasteiger partial charge in [0.1, 0.15) is 47.6 Å². The van der Waals surface area contributed by atoms with Crippen LogP contribution in [0.15, 0.2) is 91.6 Å². The van der Waals surface area contributed by atoms with E-state index in [1.54, 1.807) is 40.6 Å². The summed E-state index contributed by atoms with van der Waals surface area (Å²) >= 11 is 0. The van der Waals surface area contributed by atoms with Crippen LogP contribution in [-0.2, 0) is 20.9 Å². The van der Waals surface area contributed by atoms with Gasteiger partial charge in [-0.1, -0.05) is 67.6 Å². The van der Waals surface area contributed by atoms with Crippen LogP contribution in [-0.4, -0.2) is 131 Å². The minimum absolute atomic E-state index is 0.108. The van der Waals surface area contributed by atoms with Crippen LogP contribution in [0.2, 0.25) is 0 Å². The molecular formula is C60H64FN13O6. The van der Waals surface area contributed by atoms with Crippen LogP contribution in [0.1, 0.15) is 99.0 Å². The fourth-order valence-electron chi connectivity index (χ4n) is 12.3. The fourth-order valence-corrected chi connectivity index (χ4v) is 12.3. The lowest BCUT2D eigenvalue weighted by Crippen LogP contribution is -2.50. The molecule has 13 rings (SSSR count). The van der Waals surface area contributed by atoms with Gasteiger partial charge >= 0.3 is 6.01 Å². The maximum Gasteiger partial charge on any atom is 0.319 e. The highest BCUT2D eigenvalue weighted by molar-refractivity contribution is 6.06. The van der Waals surface area contributed by atoms with Crippen molar-refractivity contribution in [3.05, 3.63) is 120 Å². The van der Waals surface area contributed by atoms with Gasteiger partial charge in [0, 0.05) is 90.0 Å². The summed E-state index contributed by atoms with van der Waals surface area (Å²) in [5.41, 5.74) is 8.81. The van der Waals surface area contributed by atoms with Gasteiger partial charge in [-0.05, 0) is 85.3 Å². The molecule has 4 aliphatic heterocycles. The quantitative estimate of drug-likeness (QED) is 0.0680. The second kappa shape index (κ2) is 21.6. The van der Waals surface area contributed by atoms with Gasteiger partial charge in [0.15, 0.2) is 5.75 Å². The largest absolute Gasteiger partial charge is 0.486 e. The first-order valence-corrected chi connectivity index (χ1v) is 28.0. The summed E-state index contributed by atoms with van der Waals surface area (Å²) in [5, 5.41) is 35.2. The summed E-state index contributed by atoms with van der Waals surface area (Å²) < 4.78 is 37.2. The molecule has 80 heavy (non-hydrogen) atoms. The Morgan fingerprint density at radius 2 is 1.74 bits per heavy atom. The van der Waals surface area contributed by atoms with E-state index in [0.29, 0.717) is 72.4 Å². The number of rotatable bonds is 17. The van der Waals surface area contributed by atoms with Crippen molar-refractivity contribution in [2.45, 2.75) is 115 Å². The zero-order valence-corrected chi connectivity index (χ0v) is 45.0. The molecule has 0 radical (unpaired) electrons. The standard InChI is InChI=1S/C60H64FN13O6/c1-33(2)55(59(77)72-20-4-5-51(72)58(76)66-50(31-75)39-14-12-37(13-15-39)48-28-62-18-19-63-48)74-30-49(70-71-74)38-8-6-35(7-9-38)32-79-56-53(52-34(3)46(61)25-47-45(52)27-65-69-47)43(36-10-11-36)24-44-54(56)67-60(80-42-16-21-78-22-17-42)68-57(44)73-29-40-23-41(73)26-64-40/h6-9,12-15,18-19,24-25,27-28,30,33,36,40-42,50-51,55,64,75H,4-5,10-11,16-17,20-23,26,29,31-32H2,1-3H3,(H,65,69)(H,66,76)/t40-,41-,50-,51-,55-/m0/s1. The summed E-state index contributed by atoms with van der Waals surface area (Å²) in [4.78, 5) is 51.5. The molecule has 4 aromatic heterocycles. The van der Waals surface area contributed by atoms with Crippen molar-refractivity contribution in [2.24, 2.45) is 5.92 Å². The van der Waals surface area contributed by atoms with Crippen molar-refractivity contribution in [1.29, 1.82) is 0 Å². The van der Waals surface area contributed by atoms with Crippen molar-refractivity contribution >= 4 is 39.4 Å². The maximum atomic E-state index is 16.1. The molecule has 1 aliphatic carbocycles. The van der Waals surface area contributed by atoms with Crippen LogP contribution in [0.4, 0.5) is 10.2 Å². The number of nitrogens with zero attached hydrogens (tertiary/aromatic N) is 10. The highest BCUT2D eigenvalue weighted by atomic mass is 19.1. The second-order valence-electron chi connectivity index (χ2n) is 22.3. The summed E-state index contributed by atoms with van der Waals surface area (Å²) in [7, 11) is 0. The van der Waals surface area contributed by atoms with Crippen molar-refractivity contribution in [1.82, 2.24) is 60.7 Å². The number of aliphatic hydroxyl groups excluding tert-OH is 1. The Labute approximate surface area is 461 Å². The van der Waals surface area contributed by atoms with Crippen molar-refractivity contribution < 1.29 is 33.3 Å². The first-order valence-electron chi connectivity index (χ1n) is 28.0. The lowest BCUT2D eigenvalue weighted by molar-refractivity contribution is -0.142. The number of aliphatic hydroxyl groups is 1. The molecule has 8 aromatic rings. The van der Waals surface area contributed by atoms with E-state index < -0.39 is 18.1 Å². The molecule has 0 spiro atoms. The molecule has 4 N–H and O–H groups in total. The number of anilines is 1. The van der Waals surface area contributed by atoms with Crippen molar-refractivity contribution in [2.75, 3.05) is 44.4 Å². The molecule has 4 saturated heterocycles. The number of benzene rings is 4. The number of aromatic nitrogens is 9. The number of nitrogens with one attached hydrogen (secondary N) is 3. The summed E-state index contributed by atoms with van der Waals surface area (Å²) in [6, 6.07) is 17.9. The monoisotopic (exact) mass is 1080 g/mol. The summed E-state index contributed by atoms with van der Waals surface area (Å²) in [6.07, 6.45) is 14.0. The Balaban J connectivity index is 0.781. The number of amides is 2. The van der Waals surface area contributed by atoms with E-state index in [1.807, 2.05) is 69.3 Å². The van der Waals surface area contributed by atoms with E-state index >= 15 is 4.39 Å². The van der Waals surface area contributed by atoms with Gasteiger partial charge in [-0.25, -0.2) is 9.07 Å². The first-order chi connectivity index (χ1) is 39.1. The molecule has 4 aromatic carbocycles. The molecule has 1 saturated carbocycles. The van der Waals surface area contributed by atoms with Gasteiger partial charge in [-0.2, -0.15) is 15.1 Å². The highest BCUT2D eigenvalue weighted by Gasteiger charge is 2.42. The van der Waals surface area contributed by atoms with Crippen LogP contribution in [0.3, 0.4) is 0 Å². The fraction of sp³-hybridized carbons (Fsp3) is 0.417. The number of halogens is 1. The smallest absolute Gasteiger partial charge is 0.319 e. The number of ether oxygens (including phenoxy) is 3. The van der Waals surface area contributed by atoms with E-state index in [1.165, 1.54) is 6.07 Å². The van der Waals surface area contributed by atoms with E-state index in [0.717, 1.165) is 101 Å². The number of aromatic amines is 1. The van der Waals surface area contributed by atoms with E-state index in [9.17, 15) is 14.7 Å². The zero-order chi connectivity index (χ0) is 54.6. The normalized spacial score (nSPS) is 20.1. The SMILES string of the molecule is Cc1c(F)cc2[nH]ncc2c1-c1c(C2CC2)cc2c(N3C[C@@H]4C[C@H]3CN4)nc(OC3CCOCC3)nc2c1OCc1ccc(-c2cn([C@H](C(=O)N3CCC[C@H]3C(=O)N[C@@H](CO)c3ccc(-c4cnccn4)cc3)C(C)C)nn2)cc1. The average Bonchev–Trinajstić information content (AvgIpc) is 4.21. The average molecular weight is 1080 g/mol. The topological polar surface area (TPSA) is 224 Å². The minimum Gasteiger partial charge on any atom is -0.486 e. The highest BCUT2D eigenvalue weighted by Crippen LogP contribution is 2.53. The van der Waals surface area contributed by atoms with Crippen molar-refractivity contribution in [3.63, 3.8) is 0 Å². The molecule has 20 heteroatoms. The van der Waals surface area contributed by atoms with Gasteiger partial charge in [0.05, 0.1) is 55.7 Å². The van der Waals surface area contributed by atoms with Crippen LogP contribution >= 0.6 is 0 Å². The Morgan fingerprint density at radius 1 is 0.938 bits per heavy atom.